The van der Waals surface area contributed by atoms with Crippen LogP contribution in [-0.2, 0) is 0 Å². The third-order valence-electron chi connectivity index (χ3n) is 5.13. The molecule has 0 radical (unpaired) electrons. The van der Waals surface area contributed by atoms with E-state index in [1.807, 2.05) is 0 Å². The average molecular weight is 259 g/mol. The molecule has 0 amide bonds. The molecule has 0 bridgehead atoms. The summed E-state index contributed by atoms with van der Waals surface area (Å²) in [5, 5.41) is 3.56. The number of methoxy groups -OCH3 is 1. The molecule has 0 spiro atoms. The maximum absolute atomic E-state index is 5.46. The summed E-state index contributed by atoms with van der Waals surface area (Å²) in [6, 6.07) is 6.46. The minimum absolute atomic E-state index is 0.555. The predicted octanol–water partition coefficient (Wildman–Crippen LogP) is 4.42. The monoisotopic (exact) mass is 259 g/mol. The lowest BCUT2D eigenvalue weighted by molar-refractivity contribution is 0.176. The van der Waals surface area contributed by atoms with Crippen molar-refractivity contribution in [1.29, 1.82) is 0 Å². The van der Waals surface area contributed by atoms with Gasteiger partial charge in [0.1, 0.15) is 5.75 Å². The van der Waals surface area contributed by atoms with Crippen molar-refractivity contribution >= 4 is 5.69 Å². The highest BCUT2D eigenvalue weighted by molar-refractivity contribution is 5.67. The molecular formula is C17H25NO. The quantitative estimate of drug-likeness (QED) is 0.849. The van der Waals surface area contributed by atoms with Gasteiger partial charge >= 0.3 is 0 Å². The maximum atomic E-state index is 5.46. The normalized spacial score (nSPS) is 25.7. The van der Waals surface area contributed by atoms with Gasteiger partial charge in [0.25, 0.3) is 0 Å². The molecule has 3 rings (SSSR count). The van der Waals surface area contributed by atoms with Crippen molar-refractivity contribution in [3.8, 4) is 5.75 Å². The van der Waals surface area contributed by atoms with E-state index in [0.29, 0.717) is 11.3 Å². The molecule has 0 aromatic heterocycles. The Morgan fingerprint density at radius 3 is 2.63 bits per heavy atom. The number of nitrogens with one attached hydrogen (secondary N) is 1. The standard InChI is InChI=1S/C17H25NO/c1-17(2)9-7-12(8-10-17)14-11-18-16-13(14)5-4-6-15(16)19-3/h4-6,12,14,18H,7-11H2,1-3H3. The van der Waals surface area contributed by atoms with E-state index in [1.54, 1.807) is 7.11 Å². The molecule has 1 aliphatic carbocycles. The first-order valence-corrected chi connectivity index (χ1v) is 7.51. The van der Waals surface area contributed by atoms with Crippen LogP contribution in [0, 0.1) is 11.3 Å². The van der Waals surface area contributed by atoms with Crippen molar-refractivity contribution in [2.75, 3.05) is 19.0 Å². The molecule has 1 unspecified atom stereocenters. The summed E-state index contributed by atoms with van der Waals surface area (Å²) < 4.78 is 5.46. The molecule has 1 aromatic carbocycles. The summed E-state index contributed by atoms with van der Waals surface area (Å²) in [4.78, 5) is 0. The second-order valence-corrected chi connectivity index (χ2v) is 6.91. The van der Waals surface area contributed by atoms with Crippen molar-refractivity contribution in [3.63, 3.8) is 0 Å². The molecular weight excluding hydrogens is 234 g/mol. The van der Waals surface area contributed by atoms with Gasteiger partial charge in [-0.05, 0) is 48.6 Å². The minimum atomic E-state index is 0.555. The number of benzene rings is 1. The van der Waals surface area contributed by atoms with Crippen LogP contribution in [0.15, 0.2) is 18.2 Å². The molecule has 1 fully saturated rings. The van der Waals surface area contributed by atoms with Crippen molar-refractivity contribution in [2.24, 2.45) is 11.3 Å². The lowest BCUT2D eigenvalue weighted by Crippen LogP contribution is -2.25. The Balaban J connectivity index is 1.80. The van der Waals surface area contributed by atoms with Crippen molar-refractivity contribution in [2.45, 2.75) is 45.4 Å². The highest BCUT2D eigenvalue weighted by Crippen LogP contribution is 2.48. The number of hydrogen-bond donors (Lipinski definition) is 1. The predicted molar refractivity (Wildman–Crippen MR) is 80.0 cm³/mol. The number of hydrogen-bond acceptors (Lipinski definition) is 2. The molecule has 19 heavy (non-hydrogen) atoms. The highest BCUT2D eigenvalue weighted by Gasteiger charge is 2.35. The van der Waals surface area contributed by atoms with Crippen molar-refractivity contribution in [1.82, 2.24) is 0 Å². The van der Waals surface area contributed by atoms with Crippen LogP contribution in [-0.4, -0.2) is 13.7 Å². The van der Waals surface area contributed by atoms with Gasteiger partial charge < -0.3 is 10.1 Å². The third kappa shape index (κ3) is 2.33. The molecule has 1 N–H and O–H groups in total. The van der Waals surface area contributed by atoms with Gasteiger partial charge in [0.15, 0.2) is 0 Å². The number of para-hydroxylation sites is 1. The van der Waals surface area contributed by atoms with E-state index in [2.05, 4.69) is 37.4 Å². The molecule has 1 aliphatic heterocycles. The van der Waals surface area contributed by atoms with Crippen LogP contribution in [0.25, 0.3) is 0 Å². The fraction of sp³-hybridized carbons (Fsp3) is 0.647. The summed E-state index contributed by atoms with van der Waals surface area (Å²) in [6.45, 7) is 5.90. The Kier molecular flexibility index (Phi) is 3.20. The van der Waals surface area contributed by atoms with E-state index in [9.17, 15) is 0 Å². The van der Waals surface area contributed by atoms with Crippen LogP contribution in [0.4, 0.5) is 5.69 Å². The van der Waals surface area contributed by atoms with Crippen LogP contribution in [0.3, 0.4) is 0 Å². The van der Waals surface area contributed by atoms with Crippen LogP contribution in [0.5, 0.6) is 5.75 Å². The molecule has 2 aliphatic rings. The number of fused-ring (bicyclic) bond motifs is 1. The second kappa shape index (κ2) is 4.73. The lowest BCUT2D eigenvalue weighted by atomic mass is 9.68. The van der Waals surface area contributed by atoms with Crippen molar-refractivity contribution < 1.29 is 4.74 Å². The molecule has 1 heterocycles. The third-order valence-corrected chi connectivity index (χ3v) is 5.13. The van der Waals surface area contributed by atoms with E-state index >= 15 is 0 Å². The minimum Gasteiger partial charge on any atom is -0.495 e. The van der Waals surface area contributed by atoms with E-state index in [4.69, 9.17) is 4.74 Å². The zero-order chi connectivity index (χ0) is 13.5. The molecule has 0 saturated heterocycles. The first-order chi connectivity index (χ1) is 9.11. The lowest BCUT2D eigenvalue weighted by Gasteiger charge is -2.37. The number of ether oxygens (including phenoxy) is 1. The number of anilines is 1. The van der Waals surface area contributed by atoms with E-state index in [0.717, 1.165) is 18.2 Å². The van der Waals surface area contributed by atoms with Crippen LogP contribution in [0.1, 0.15) is 51.0 Å². The SMILES string of the molecule is COc1cccc2c1NCC2C1CCC(C)(C)CC1. The highest BCUT2D eigenvalue weighted by atomic mass is 16.5. The fourth-order valence-electron chi connectivity index (χ4n) is 3.78. The summed E-state index contributed by atoms with van der Waals surface area (Å²) in [6.07, 6.45) is 5.48. The largest absolute Gasteiger partial charge is 0.495 e. The molecule has 104 valence electrons. The smallest absolute Gasteiger partial charge is 0.142 e. The molecule has 2 nitrogen and oxygen atoms in total. The van der Waals surface area contributed by atoms with Gasteiger partial charge in [-0.25, -0.2) is 0 Å². The zero-order valence-electron chi connectivity index (χ0n) is 12.3. The Hall–Kier alpha value is -1.18. The molecule has 1 aromatic rings. The van der Waals surface area contributed by atoms with Gasteiger partial charge in [0.05, 0.1) is 12.8 Å². The summed E-state index contributed by atoms with van der Waals surface area (Å²) in [5.74, 6) is 2.52. The van der Waals surface area contributed by atoms with Gasteiger partial charge in [-0.1, -0.05) is 26.0 Å². The Labute approximate surface area is 116 Å². The average Bonchev–Trinajstić information content (AvgIpc) is 2.82. The van der Waals surface area contributed by atoms with Gasteiger partial charge in [-0.3, -0.25) is 0 Å². The number of rotatable bonds is 2. The molecule has 2 heteroatoms. The van der Waals surface area contributed by atoms with Crippen LogP contribution in [0.2, 0.25) is 0 Å². The Morgan fingerprint density at radius 1 is 1.21 bits per heavy atom. The van der Waals surface area contributed by atoms with Crippen LogP contribution >= 0.6 is 0 Å². The van der Waals surface area contributed by atoms with E-state index in [-0.39, 0.29) is 0 Å². The summed E-state index contributed by atoms with van der Waals surface area (Å²) in [7, 11) is 1.76. The molecule has 1 saturated carbocycles. The van der Waals surface area contributed by atoms with Gasteiger partial charge in [0.2, 0.25) is 0 Å². The van der Waals surface area contributed by atoms with Gasteiger partial charge in [-0.15, -0.1) is 0 Å². The van der Waals surface area contributed by atoms with Gasteiger partial charge in [-0.2, -0.15) is 0 Å². The van der Waals surface area contributed by atoms with E-state index < -0.39 is 0 Å². The van der Waals surface area contributed by atoms with E-state index in [1.165, 1.54) is 36.9 Å². The van der Waals surface area contributed by atoms with Gasteiger partial charge in [0, 0.05) is 12.5 Å². The molecule has 1 atom stereocenters. The maximum Gasteiger partial charge on any atom is 0.142 e. The zero-order valence-corrected chi connectivity index (χ0v) is 12.3. The first kappa shape index (κ1) is 12.8. The Morgan fingerprint density at radius 2 is 1.95 bits per heavy atom. The Bertz CT molecular complexity index is 456. The fourth-order valence-corrected chi connectivity index (χ4v) is 3.78. The first-order valence-electron chi connectivity index (χ1n) is 7.51. The van der Waals surface area contributed by atoms with Crippen molar-refractivity contribution in [3.05, 3.63) is 23.8 Å². The summed E-state index contributed by atoms with van der Waals surface area (Å²) in [5.41, 5.74) is 3.27. The summed E-state index contributed by atoms with van der Waals surface area (Å²) >= 11 is 0. The second-order valence-electron chi connectivity index (χ2n) is 6.91. The topological polar surface area (TPSA) is 21.3 Å². The van der Waals surface area contributed by atoms with Crippen LogP contribution < -0.4 is 10.1 Å².